The normalized spacial score (nSPS) is 11.2. The van der Waals surface area contributed by atoms with Crippen molar-refractivity contribution in [3.05, 3.63) is 11.7 Å². The van der Waals surface area contributed by atoms with Crippen LogP contribution in [0.2, 0.25) is 0 Å². The van der Waals surface area contributed by atoms with Crippen LogP contribution in [-0.4, -0.2) is 44.2 Å². The molecular formula is C12H20N4O4. The van der Waals surface area contributed by atoms with Crippen molar-refractivity contribution in [2.75, 3.05) is 6.54 Å². The van der Waals surface area contributed by atoms with Gasteiger partial charge in [0.05, 0.1) is 13.0 Å². The minimum atomic E-state index is -0.945. The predicted octanol–water partition coefficient (Wildman–Crippen LogP) is 1.16. The summed E-state index contributed by atoms with van der Waals surface area (Å²) in [6.07, 6.45) is -0.107. The number of nitrogens with zero attached hydrogens (tertiary/aromatic N) is 3. The predicted molar refractivity (Wildman–Crippen MR) is 70.0 cm³/mol. The number of carboxylic acids is 1. The molecule has 0 unspecified atom stereocenters. The van der Waals surface area contributed by atoms with Crippen LogP contribution in [0.5, 0.6) is 0 Å². The fourth-order valence-corrected chi connectivity index (χ4v) is 1.61. The van der Waals surface area contributed by atoms with Gasteiger partial charge in [0.15, 0.2) is 5.82 Å². The molecule has 1 aromatic heterocycles. The van der Waals surface area contributed by atoms with Crippen LogP contribution in [0.25, 0.3) is 0 Å². The van der Waals surface area contributed by atoms with E-state index in [0.717, 1.165) is 0 Å². The number of aromatic nitrogens is 2. The quantitative estimate of drug-likeness (QED) is 0.840. The van der Waals surface area contributed by atoms with Crippen molar-refractivity contribution >= 4 is 12.0 Å². The number of aryl methyl sites for hydroxylation is 1. The average Bonchev–Trinajstić information content (AvgIpc) is 2.70. The van der Waals surface area contributed by atoms with Crippen molar-refractivity contribution in [1.29, 1.82) is 0 Å². The number of carboxylic acid groups (broad SMARTS) is 1. The van der Waals surface area contributed by atoms with Crippen LogP contribution < -0.4 is 5.32 Å². The summed E-state index contributed by atoms with van der Waals surface area (Å²) in [7, 11) is 0. The fourth-order valence-electron chi connectivity index (χ4n) is 1.61. The number of urea groups is 1. The van der Waals surface area contributed by atoms with E-state index in [1.807, 2.05) is 20.8 Å². The van der Waals surface area contributed by atoms with E-state index in [4.69, 9.17) is 9.63 Å². The fraction of sp³-hybridized carbons (Fsp3) is 0.667. The van der Waals surface area contributed by atoms with Crippen LogP contribution in [-0.2, 0) is 11.3 Å². The zero-order valence-electron chi connectivity index (χ0n) is 12.1. The molecule has 0 radical (unpaired) electrons. The van der Waals surface area contributed by atoms with E-state index < -0.39 is 11.5 Å². The molecule has 1 heterocycles. The molecule has 2 N–H and O–H groups in total. The van der Waals surface area contributed by atoms with Gasteiger partial charge in [-0.1, -0.05) is 5.16 Å². The second-order valence-electron chi connectivity index (χ2n) is 5.36. The maximum Gasteiger partial charge on any atom is 0.318 e. The third-order valence-corrected chi connectivity index (χ3v) is 2.56. The van der Waals surface area contributed by atoms with Gasteiger partial charge in [0.1, 0.15) is 0 Å². The van der Waals surface area contributed by atoms with Crippen molar-refractivity contribution in [3.63, 3.8) is 0 Å². The summed E-state index contributed by atoms with van der Waals surface area (Å²) in [5, 5.41) is 15.0. The molecule has 1 aromatic rings. The lowest BCUT2D eigenvalue weighted by atomic mass is 10.1. The largest absolute Gasteiger partial charge is 0.481 e. The van der Waals surface area contributed by atoms with Gasteiger partial charge in [0.2, 0.25) is 5.89 Å². The van der Waals surface area contributed by atoms with E-state index in [0.29, 0.717) is 11.7 Å². The molecule has 8 nitrogen and oxygen atoms in total. The Morgan fingerprint density at radius 3 is 2.50 bits per heavy atom. The van der Waals surface area contributed by atoms with Gasteiger partial charge in [0.25, 0.3) is 0 Å². The molecule has 0 saturated carbocycles. The zero-order chi connectivity index (χ0) is 15.3. The maximum atomic E-state index is 12.1. The van der Waals surface area contributed by atoms with E-state index in [9.17, 15) is 9.59 Å². The van der Waals surface area contributed by atoms with Gasteiger partial charge < -0.3 is 19.8 Å². The van der Waals surface area contributed by atoms with Crippen molar-refractivity contribution in [2.45, 2.75) is 46.2 Å². The van der Waals surface area contributed by atoms with E-state index in [-0.39, 0.29) is 25.5 Å². The van der Waals surface area contributed by atoms with Crippen LogP contribution in [0, 0.1) is 6.92 Å². The number of hydrogen-bond acceptors (Lipinski definition) is 5. The summed E-state index contributed by atoms with van der Waals surface area (Å²) in [5.74, 6) is -0.143. The third kappa shape index (κ3) is 4.87. The second-order valence-corrected chi connectivity index (χ2v) is 5.36. The smallest absolute Gasteiger partial charge is 0.318 e. The van der Waals surface area contributed by atoms with Crippen LogP contribution in [0.3, 0.4) is 0 Å². The van der Waals surface area contributed by atoms with E-state index in [1.165, 1.54) is 4.90 Å². The molecule has 8 heteroatoms. The zero-order valence-corrected chi connectivity index (χ0v) is 12.1. The summed E-state index contributed by atoms with van der Waals surface area (Å²) in [6.45, 7) is 7.44. The van der Waals surface area contributed by atoms with Crippen molar-refractivity contribution in [3.8, 4) is 0 Å². The van der Waals surface area contributed by atoms with Crippen LogP contribution in [0.4, 0.5) is 4.79 Å². The Kier molecular flexibility index (Phi) is 5.06. The highest BCUT2D eigenvalue weighted by molar-refractivity contribution is 5.76. The van der Waals surface area contributed by atoms with Gasteiger partial charge in [-0.2, -0.15) is 4.98 Å². The molecule has 0 aromatic carbocycles. The molecule has 0 aliphatic heterocycles. The lowest BCUT2D eigenvalue weighted by Crippen LogP contribution is -2.51. The molecule has 0 aliphatic rings. The molecule has 1 rings (SSSR count). The van der Waals surface area contributed by atoms with Crippen molar-refractivity contribution in [2.24, 2.45) is 0 Å². The van der Waals surface area contributed by atoms with Gasteiger partial charge in [0, 0.05) is 12.1 Å². The molecule has 20 heavy (non-hydrogen) atoms. The summed E-state index contributed by atoms with van der Waals surface area (Å²) in [5.41, 5.74) is -0.482. The molecule has 0 spiro atoms. The Morgan fingerprint density at radius 2 is 2.05 bits per heavy atom. The number of carbonyl (C=O) groups is 2. The highest BCUT2D eigenvalue weighted by Crippen LogP contribution is 2.14. The number of rotatable bonds is 5. The molecule has 0 aliphatic carbocycles. The van der Waals surface area contributed by atoms with Crippen LogP contribution >= 0.6 is 0 Å². The Labute approximate surface area is 117 Å². The van der Waals surface area contributed by atoms with Gasteiger partial charge in [-0.25, -0.2) is 4.79 Å². The highest BCUT2D eigenvalue weighted by Gasteiger charge is 2.26. The standard InChI is InChI=1S/C12H20N4O4/c1-8-14-9(20-15-8)7-13-11(19)16(12(2,3)4)6-5-10(17)18/h5-7H2,1-4H3,(H,13,19)(H,17,18). The minimum absolute atomic E-state index is 0.107. The Morgan fingerprint density at radius 1 is 1.40 bits per heavy atom. The number of amides is 2. The molecule has 0 saturated heterocycles. The van der Waals surface area contributed by atoms with Crippen molar-refractivity contribution in [1.82, 2.24) is 20.4 Å². The van der Waals surface area contributed by atoms with Gasteiger partial charge in [-0.3, -0.25) is 4.79 Å². The lowest BCUT2D eigenvalue weighted by Gasteiger charge is -2.35. The monoisotopic (exact) mass is 284 g/mol. The Balaban J connectivity index is 2.61. The summed E-state index contributed by atoms with van der Waals surface area (Å²) >= 11 is 0. The summed E-state index contributed by atoms with van der Waals surface area (Å²) in [6, 6.07) is -0.366. The van der Waals surface area contributed by atoms with Gasteiger partial charge >= 0.3 is 12.0 Å². The Hall–Kier alpha value is -2.12. The van der Waals surface area contributed by atoms with E-state index >= 15 is 0 Å². The van der Waals surface area contributed by atoms with Gasteiger partial charge in [-0.05, 0) is 27.7 Å². The van der Waals surface area contributed by atoms with Crippen molar-refractivity contribution < 1.29 is 19.2 Å². The molecule has 0 atom stereocenters. The SMILES string of the molecule is Cc1noc(CNC(=O)N(CCC(=O)O)C(C)(C)C)n1. The Bertz CT molecular complexity index is 478. The third-order valence-electron chi connectivity index (χ3n) is 2.56. The number of nitrogens with one attached hydrogen (secondary N) is 1. The number of carbonyl (C=O) groups excluding carboxylic acids is 1. The molecular weight excluding hydrogens is 264 g/mol. The molecule has 0 fully saturated rings. The first kappa shape index (κ1) is 15.9. The van der Waals surface area contributed by atoms with E-state index in [1.54, 1.807) is 6.92 Å². The summed E-state index contributed by atoms with van der Waals surface area (Å²) in [4.78, 5) is 28.2. The average molecular weight is 284 g/mol. The lowest BCUT2D eigenvalue weighted by molar-refractivity contribution is -0.137. The first-order valence-corrected chi connectivity index (χ1v) is 6.26. The first-order chi connectivity index (χ1) is 9.20. The molecule has 112 valence electrons. The number of hydrogen-bond donors (Lipinski definition) is 2. The maximum absolute atomic E-state index is 12.1. The van der Waals surface area contributed by atoms with E-state index in [2.05, 4.69) is 15.5 Å². The topological polar surface area (TPSA) is 109 Å². The summed E-state index contributed by atoms with van der Waals surface area (Å²) < 4.78 is 4.89. The first-order valence-electron chi connectivity index (χ1n) is 6.26. The van der Waals surface area contributed by atoms with Crippen LogP contribution in [0.15, 0.2) is 4.52 Å². The second kappa shape index (κ2) is 6.36. The van der Waals surface area contributed by atoms with Crippen LogP contribution in [0.1, 0.15) is 38.9 Å². The molecule has 2 amide bonds. The molecule has 0 bridgehead atoms. The number of aliphatic carboxylic acids is 1. The van der Waals surface area contributed by atoms with Gasteiger partial charge in [-0.15, -0.1) is 0 Å². The highest BCUT2D eigenvalue weighted by atomic mass is 16.5. The minimum Gasteiger partial charge on any atom is -0.481 e.